The summed E-state index contributed by atoms with van der Waals surface area (Å²) < 4.78 is 11.4. The normalized spacial score (nSPS) is 22.7. The number of ether oxygens (including phenoxy) is 2. The van der Waals surface area contributed by atoms with E-state index < -0.39 is 0 Å². The molecule has 2 aliphatic heterocycles. The first-order valence-electron chi connectivity index (χ1n) is 8.13. The lowest BCUT2D eigenvalue weighted by Crippen LogP contribution is -2.42. The van der Waals surface area contributed by atoms with E-state index in [1.807, 2.05) is 30.3 Å². The van der Waals surface area contributed by atoms with Crippen LogP contribution in [0.5, 0.6) is 0 Å². The zero-order valence-electron chi connectivity index (χ0n) is 12.9. The maximum Gasteiger partial charge on any atom is 0.410 e. The summed E-state index contributed by atoms with van der Waals surface area (Å²) in [5.41, 5.74) is 1.02. The quantitative estimate of drug-likeness (QED) is 0.926. The van der Waals surface area contributed by atoms with Crippen LogP contribution in [0.1, 0.15) is 24.8 Å². The summed E-state index contributed by atoms with van der Waals surface area (Å²) in [5, 5.41) is 3.31. The van der Waals surface area contributed by atoms with Gasteiger partial charge in [0.1, 0.15) is 6.61 Å². The van der Waals surface area contributed by atoms with Crippen LogP contribution >= 0.6 is 0 Å². The molecule has 1 aromatic carbocycles. The molecule has 3 rings (SSSR count). The van der Waals surface area contributed by atoms with Gasteiger partial charge in [-0.15, -0.1) is 0 Å². The average molecular weight is 304 g/mol. The Hall–Kier alpha value is -1.59. The molecule has 0 saturated carbocycles. The molecular weight excluding hydrogens is 280 g/mol. The Kier molecular flexibility index (Phi) is 5.29. The van der Waals surface area contributed by atoms with Crippen molar-refractivity contribution in [1.82, 2.24) is 10.2 Å². The first kappa shape index (κ1) is 15.3. The van der Waals surface area contributed by atoms with Crippen LogP contribution in [0.4, 0.5) is 4.79 Å². The van der Waals surface area contributed by atoms with Crippen LogP contribution in [-0.4, -0.2) is 49.4 Å². The van der Waals surface area contributed by atoms with Crippen LogP contribution in [0.15, 0.2) is 30.3 Å². The number of rotatable bonds is 4. The summed E-state index contributed by atoms with van der Waals surface area (Å²) in [6.07, 6.45) is 3.31. The number of benzene rings is 1. The van der Waals surface area contributed by atoms with Crippen LogP contribution in [0.3, 0.4) is 0 Å². The molecule has 5 nitrogen and oxygen atoms in total. The molecule has 1 atom stereocenters. The minimum atomic E-state index is -0.218. The molecule has 5 heteroatoms. The third-order valence-electron chi connectivity index (χ3n) is 4.31. The summed E-state index contributed by atoms with van der Waals surface area (Å²) in [6.45, 7) is 3.79. The van der Waals surface area contributed by atoms with E-state index in [2.05, 4.69) is 5.32 Å². The predicted octanol–water partition coefficient (Wildman–Crippen LogP) is 2.17. The number of hydrogen-bond acceptors (Lipinski definition) is 4. The van der Waals surface area contributed by atoms with Gasteiger partial charge in [-0.1, -0.05) is 30.3 Å². The number of amides is 1. The summed E-state index contributed by atoms with van der Waals surface area (Å²) in [6, 6.07) is 9.77. The summed E-state index contributed by atoms with van der Waals surface area (Å²) in [5.74, 6) is 0. The Morgan fingerprint density at radius 1 is 1.14 bits per heavy atom. The predicted molar refractivity (Wildman–Crippen MR) is 83.6 cm³/mol. The first-order valence-corrected chi connectivity index (χ1v) is 8.13. The molecule has 0 unspecified atom stereocenters. The first-order chi connectivity index (χ1) is 10.8. The van der Waals surface area contributed by atoms with Gasteiger partial charge < -0.3 is 19.7 Å². The van der Waals surface area contributed by atoms with Crippen molar-refractivity contribution in [3.8, 4) is 0 Å². The number of nitrogens with one attached hydrogen (secondary N) is 1. The number of nitrogens with zero attached hydrogens (tertiary/aromatic N) is 1. The van der Waals surface area contributed by atoms with Gasteiger partial charge in [0, 0.05) is 19.6 Å². The molecule has 120 valence electrons. The van der Waals surface area contributed by atoms with Gasteiger partial charge in [0.15, 0.2) is 0 Å². The zero-order valence-corrected chi connectivity index (χ0v) is 12.9. The molecule has 22 heavy (non-hydrogen) atoms. The van der Waals surface area contributed by atoms with E-state index >= 15 is 0 Å². The second kappa shape index (κ2) is 7.61. The van der Waals surface area contributed by atoms with E-state index in [1.165, 1.54) is 0 Å². The van der Waals surface area contributed by atoms with Gasteiger partial charge in [0.25, 0.3) is 0 Å². The van der Waals surface area contributed by atoms with Crippen molar-refractivity contribution in [2.75, 3.05) is 26.2 Å². The second-order valence-corrected chi connectivity index (χ2v) is 5.98. The third kappa shape index (κ3) is 4.21. The molecule has 0 spiro atoms. The highest BCUT2D eigenvalue weighted by atomic mass is 16.6. The van der Waals surface area contributed by atoms with Crippen molar-refractivity contribution < 1.29 is 14.3 Å². The molecule has 1 N–H and O–H groups in total. The standard InChI is InChI=1S/C17H24N2O3/c20-17(21-13-14-4-2-1-3-5-14)19-10-7-15(8-11-19)22-16-6-9-18-12-16/h1-5,15-16,18H,6-13H2/t16-/m0/s1. The number of hydrogen-bond donors (Lipinski definition) is 1. The topological polar surface area (TPSA) is 50.8 Å². The Labute approximate surface area is 131 Å². The maximum absolute atomic E-state index is 12.1. The van der Waals surface area contributed by atoms with Crippen LogP contribution in [0.25, 0.3) is 0 Å². The van der Waals surface area contributed by atoms with Gasteiger partial charge in [-0.25, -0.2) is 4.79 Å². The maximum atomic E-state index is 12.1. The van der Waals surface area contributed by atoms with E-state index in [9.17, 15) is 4.79 Å². The van der Waals surface area contributed by atoms with Crippen LogP contribution in [-0.2, 0) is 16.1 Å². The monoisotopic (exact) mass is 304 g/mol. The largest absolute Gasteiger partial charge is 0.445 e. The minimum Gasteiger partial charge on any atom is -0.445 e. The van der Waals surface area contributed by atoms with Crippen LogP contribution in [0.2, 0.25) is 0 Å². The van der Waals surface area contributed by atoms with Gasteiger partial charge in [-0.05, 0) is 31.4 Å². The van der Waals surface area contributed by atoms with Gasteiger partial charge in [0.05, 0.1) is 12.2 Å². The highest BCUT2D eigenvalue weighted by Gasteiger charge is 2.27. The zero-order chi connectivity index (χ0) is 15.2. The van der Waals surface area contributed by atoms with Gasteiger partial charge in [-0.3, -0.25) is 0 Å². The lowest BCUT2D eigenvalue weighted by atomic mass is 10.1. The smallest absolute Gasteiger partial charge is 0.410 e. The van der Waals surface area contributed by atoms with Crippen molar-refractivity contribution in [3.63, 3.8) is 0 Å². The molecule has 0 radical (unpaired) electrons. The van der Waals surface area contributed by atoms with Crippen molar-refractivity contribution in [2.24, 2.45) is 0 Å². The second-order valence-electron chi connectivity index (χ2n) is 5.98. The fourth-order valence-corrected chi connectivity index (χ4v) is 3.00. The highest BCUT2D eigenvalue weighted by molar-refractivity contribution is 5.67. The molecule has 0 bridgehead atoms. The minimum absolute atomic E-state index is 0.218. The van der Waals surface area contributed by atoms with E-state index in [0.717, 1.165) is 51.0 Å². The lowest BCUT2D eigenvalue weighted by Gasteiger charge is -2.32. The molecule has 2 fully saturated rings. The summed E-state index contributed by atoms with van der Waals surface area (Å²) in [4.78, 5) is 13.9. The van der Waals surface area contributed by atoms with Crippen LogP contribution < -0.4 is 5.32 Å². The van der Waals surface area contributed by atoms with Crippen LogP contribution in [0, 0.1) is 0 Å². The molecule has 0 aromatic heterocycles. The molecular formula is C17H24N2O3. The average Bonchev–Trinajstić information content (AvgIpc) is 3.07. The van der Waals surface area contributed by atoms with Crippen molar-refractivity contribution in [3.05, 3.63) is 35.9 Å². The molecule has 2 aliphatic rings. The highest BCUT2D eigenvalue weighted by Crippen LogP contribution is 2.18. The SMILES string of the molecule is O=C(OCc1ccccc1)N1CCC(O[C@H]2CCNC2)CC1. The van der Waals surface area contributed by atoms with E-state index in [-0.39, 0.29) is 12.2 Å². The van der Waals surface area contributed by atoms with Gasteiger partial charge >= 0.3 is 6.09 Å². The number of carbonyl (C=O) groups is 1. The van der Waals surface area contributed by atoms with Crippen molar-refractivity contribution in [2.45, 2.75) is 38.1 Å². The summed E-state index contributed by atoms with van der Waals surface area (Å²) in [7, 11) is 0. The number of piperidine rings is 1. The Morgan fingerprint density at radius 3 is 2.59 bits per heavy atom. The number of likely N-dealkylation sites (tertiary alicyclic amines) is 1. The fraction of sp³-hybridized carbons (Fsp3) is 0.588. The molecule has 1 amide bonds. The lowest BCUT2D eigenvalue weighted by molar-refractivity contribution is -0.0330. The Balaban J connectivity index is 1.38. The molecule has 0 aliphatic carbocycles. The van der Waals surface area contributed by atoms with Crippen molar-refractivity contribution >= 4 is 6.09 Å². The third-order valence-corrected chi connectivity index (χ3v) is 4.31. The Bertz CT molecular complexity index is 466. The number of carbonyl (C=O) groups excluding carboxylic acids is 1. The fourth-order valence-electron chi connectivity index (χ4n) is 3.00. The summed E-state index contributed by atoms with van der Waals surface area (Å²) >= 11 is 0. The molecule has 2 saturated heterocycles. The van der Waals surface area contributed by atoms with Gasteiger partial charge in [-0.2, -0.15) is 0 Å². The molecule has 2 heterocycles. The van der Waals surface area contributed by atoms with Gasteiger partial charge in [0.2, 0.25) is 0 Å². The van der Waals surface area contributed by atoms with E-state index in [4.69, 9.17) is 9.47 Å². The molecule has 1 aromatic rings. The van der Waals surface area contributed by atoms with Crippen molar-refractivity contribution in [1.29, 1.82) is 0 Å². The van der Waals surface area contributed by atoms with E-state index in [1.54, 1.807) is 4.90 Å². The van der Waals surface area contributed by atoms with E-state index in [0.29, 0.717) is 12.7 Å². The Morgan fingerprint density at radius 2 is 1.91 bits per heavy atom.